The molecule has 0 saturated heterocycles. The molecule has 8 aromatic carbocycles. The molecule has 1 aliphatic rings. The molecule has 0 aliphatic heterocycles. The molecule has 1 aromatic heterocycles. The Balaban J connectivity index is 1.22. The third kappa shape index (κ3) is 5.10. The van der Waals surface area contributed by atoms with Gasteiger partial charge in [0.25, 0.3) is 0 Å². The first-order valence-corrected chi connectivity index (χ1v) is 18.3. The van der Waals surface area contributed by atoms with Crippen molar-refractivity contribution in [2.24, 2.45) is 0 Å². The van der Waals surface area contributed by atoms with Crippen LogP contribution in [0.15, 0.2) is 192 Å². The van der Waals surface area contributed by atoms with Gasteiger partial charge in [-0.15, -0.1) is 0 Å². The van der Waals surface area contributed by atoms with Gasteiger partial charge in [0.2, 0.25) is 0 Å². The highest BCUT2D eigenvalue weighted by Crippen LogP contribution is 2.52. The standard InChI is InChI=1S/C51H37NO/c1-51(2)45-21-11-9-18-41(45)42-30-29-39(33-46(42)51)52(38-16-7-4-8-17-38)47-22-13-20-40(36-26-24-35(25-27-36)34-14-5-3-6-15-34)50(47)37-28-31-49-44(32-37)43-19-10-12-23-48(43)53-49/h3-33H,1-2H3. The first-order chi connectivity index (χ1) is 26.0. The molecule has 0 atom stereocenters. The molecule has 0 fully saturated rings. The maximum Gasteiger partial charge on any atom is 0.135 e. The lowest BCUT2D eigenvalue weighted by Gasteiger charge is -2.30. The Labute approximate surface area is 310 Å². The molecule has 9 aromatic rings. The van der Waals surface area contributed by atoms with Gasteiger partial charge in [-0.3, -0.25) is 0 Å². The van der Waals surface area contributed by atoms with Gasteiger partial charge in [-0.1, -0.05) is 153 Å². The van der Waals surface area contributed by atoms with Crippen LogP contribution >= 0.6 is 0 Å². The topological polar surface area (TPSA) is 16.4 Å². The second-order valence-corrected chi connectivity index (χ2v) is 14.5. The maximum atomic E-state index is 6.31. The quantitative estimate of drug-likeness (QED) is 0.174. The summed E-state index contributed by atoms with van der Waals surface area (Å²) in [5.74, 6) is 0. The van der Waals surface area contributed by atoms with Crippen LogP contribution in [-0.2, 0) is 5.41 Å². The van der Waals surface area contributed by atoms with Crippen molar-refractivity contribution in [3.05, 3.63) is 199 Å². The van der Waals surface area contributed by atoms with E-state index in [4.69, 9.17) is 4.42 Å². The Morgan fingerprint density at radius 1 is 0.396 bits per heavy atom. The summed E-state index contributed by atoms with van der Waals surface area (Å²) in [4.78, 5) is 2.44. The van der Waals surface area contributed by atoms with Gasteiger partial charge in [-0.05, 0) is 98.6 Å². The summed E-state index contributed by atoms with van der Waals surface area (Å²) in [5.41, 5.74) is 17.4. The lowest BCUT2D eigenvalue weighted by atomic mass is 9.82. The molecule has 10 rings (SSSR count). The summed E-state index contributed by atoms with van der Waals surface area (Å²) in [5, 5.41) is 2.23. The van der Waals surface area contributed by atoms with Crippen LogP contribution < -0.4 is 4.90 Å². The second kappa shape index (κ2) is 12.3. The molecule has 53 heavy (non-hydrogen) atoms. The Morgan fingerprint density at radius 3 is 1.85 bits per heavy atom. The first-order valence-electron chi connectivity index (χ1n) is 18.3. The molecule has 0 bridgehead atoms. The van der Waals surface area contributed by atoms with Gasteiger partial charge in [-0.2, -0.15) is 0 Å². The molecular formula is C51H37NO. The van der Waals surface area contributed by atoms with Crippen LogP contribution in [0.5, 0.6) is 0 Å². The normalized spacial score (nSPS) is 12.9. The molecule has 1 aliphatic carbocycles. The summed E-state index contributed by atoms with van der Waals surface area (Å²) in [6, 6.07) is 68.0. The van der Waals surface area contributed by atoms with E-state index >= 15 is 0 Å². The van der Waals surface area contributed by atoms with Crippen molar-refractivity contribution in [2.45, 2.75) is 19.3 Å². The van der Waals surface area contributed by atoms with Crippen molar-refractivity contribution in [3.63, 3.8) is 0 Å². The predicted octanol–water partition coefficient (Wildman–Crippen LogP) is 14.4. The van der Waals surface area contributed by atoms with Gasteiger partial charge in [0.05, 0.1) is 5.69 Å². The van der Waals surface area contributed by atoms with Crippen LogP contribution in [0.3, 0.4) is 0 Å². The molecule has 2 nitrogen and oxygen atoms in total. The number of anilines is 3. The summed E-state index contributed by atoms with van der Waals surface area (Å²) < 4.78 is 6.31. The van der Waals surface area contributed by atoms with E-state index in [0.717, 1.165) is 50.1 Å². The van der Waals surface area contributed by atoms with Crippen molar-refractivity contribution in [1.29, 1.82) is 0 Å². The fourth-order valence-electron chi connectivity index (χ4n) is 8.46. The number of rotatable bonds is 6. The van der Waals surface area contributed by atoms with E-state index < -0.39 is 0 Å². The number of hydrogen-bond donors (Lipinski definition) is 0. The number of nitrogens with zero attached hydrogens (tertiary/aromatic N) is 1. The fourth-order valence-corrected chi connectivity index (χ4v) is 8.46. The zero-order chi connectivity index (χ0) is 35.5. The van der Waals surface area contributed by atoms with Gasteiger partial charge in [0.1, 0.15) is 11.2 Å². The monoisotopic (exact) mass is 679 g/mol. The summed E-state index contributed by atoms with van der Waals surface area (Å²) in [6.07, 6.45) is 0. The maximum absolute atomic E-state index is 6.31. The summed E-state index contributed by atoms with van der Waals surface area (Å²) >= 11 is 0. The molecule has 0 radical (unpaired) electrons. The van der Waals surface area contributed by atoms with Crippen molar-refractivity contribution in [1.82, 2.24) is 0 Å². The molecule has 252 valence electrons. The van der Waals surface area contributed by atoms with Crippen LogP contribution in [0.25, 0.3) is 66.4 Å². The number of furan rings is 1. The third-order valence-corrected chi connectivity index (χ3v) is 11.1. The molecular weight excluding hydrogens is 643 g/mol. The minimum absolute atomic E-state index is 0.122. The Kier molecular flexibility index (Phi) is 7.19. The largest absolute Gasteiger partial charge is 0.456 e. The Hall–Kier alpha value is -6.64. The van der Waals surface area contributed by atoms with Crippen LogP contribution in [0.4, 0.5) is 17.1 Å². The number of hydrogen-bond acceptors (Lipinski definition) is 2. The van der Waals surface area contributed by atoms with Gasteiger partial charge in [0, 0.05) is 33.1 Å². The van der Waals surface area contributed by atoms with Crippen molar-refractivity contribution < 1.29 is 4.42 Å². The third-order valence-electron chi connectivity index (χ3n) is 11.1. The predicted molar refractivity (Wildman–Crippen MR) is 222 cm³/mol. The summed E-state index contributed by atoms with van der Waals surface area (Å²) in [7, 11) is 0. The number of fused-ring (bicyclic) bond motifs is 6. The van der Waals surface area contributed by atoms with E-state index in [-0.39, 0.29) is 5.41 Å². The van der Waals surface area contributed by atoms with E-state index in [1.165, 1.54) is 44.5 Å². The van der Waals surface area contributed by atoms with Crippen LogP contribution in [-0.4, -0.2) is 0 Å². The lowest BCUT2D eigenvalue weighted by Crippen LogP contribution is -2.17. The zero-order valence-electron chi connectivity index (χ0n) is 29.8. The van der Waals surface area contributed by atoms with Crippen molar-refractivity contribution in [2.75, 3.05) is 4.90 Å². The van der Waals surface area contributed by atoms with Gasteiger partial charge >= 0.3 is 0 Å². The molecule has 0 N–H and O–H groups in total. The van der Waals surface area contributed by atoms with Crippen LogP contribution in [0, 0.1) is 0 Å². The molecule has 0 unspecified atom stereocenters. The van der Waals surface area contributed by atoms with E-state index in [0.29, 0.717) is 0 Å². The highest BCUT2D eigenvalue weighted by atomic mass is 16.3. The highest BCUT2D eigenvalue weighted by molar-refractivity contribution is 6.08. The van der Waals surface area contributed by atoms with Gasteiger partial charge in [0.15, 0.2) is 0 Å². The zero-order valence-corrected chi connectivity index (χ0v) is 29.8. The Bertz CT molecular complexity index is 2790. The van der Waals surface area contributed by atoms with E-state index in [1.54, 1.807) is 0 Å². The Morgan fingerprint density at radius 2 is 1.02 bits per heavy atom. The molecule has 0 saturated carbocycles. The van der Waals surface area contributed by atoms with Crippen LogP contribution in [0.1, 0.15) is 25.0 Å². The van der Waals surface area contributed by atoms with Gasteiger partial charge < -0.3 is 9.32 Å². The lowest BCUT2D eigenvalue weighted by molar-refractivity contribution is 0.660. The molecule has 0 spiro atoms. The molecule has 0 amide bonds. The minimum atomic E-state index is -0.122. The smallest absolute Gasteiger partial charge is 0.135 e. The van der Waals surface area contributed by atoms with Crippen molar-refractivity contribution in [3.8, 4) is 44.5 Å². The average molecular weight is 680 g/mol. The fraction of sp³-hybridized carbons (Fsp3) is 0.0588. The first kappa shape index (κ1) is 31.1. The van der Waals surface area contributed by atoms with Crippen molar-refractivity contribution >= 4 is 39.0 Å². The summed E-state index contributed by atoms with van der Waals surface area (Å²) in [6.45, 7) is 4.70. The van der Waals surface area contributed by atoms with Crippen LogP contribution in [0.2, 0.25) is 0 Å². The SMILES string of the molecule is CC1(C)c2ccccc2-c2ccc(N(c3ccccc3)c3cccc(-c4ccc(-c5ccccc5)cc4)c3-c3ccc4oc5ccccc5c4c3)cc21. The second-order valence-electron chi connectivity index (χ2n) is 14.5. The highest BCUT2D eigenvalue weighted by Gasteiger charge is 2.36. The number of para-hydroxylation sites is 2. The van der Waals surface area contributed by atoms with E-state index in [2.05, 4.69) is 195 Å². The van der Waals surface area contributed by atoms with E-state index in [9.17, 15) is 0 Å². The average Bonchev–Trinajstić information content (AvgIpc) is 3.70. The number of benzene rings is 8. The molecule has 2 heteroatoms. The van der Waals surface area contributed by atoms with E-state index in [1.807, 2.05) is 12.1 Å². The van der Waals surface area contributed by atoms with Gasteiger partial charge in [-0.25, -0.2) is 0 Å². The minimum Gasteiger partial charge on any atom is -0.456 e. The molecule has 1 heterocycles.